The third kappa shape index (κ3) is 2.61. The minimum atomic E-state index is -2.47. The van der Waals surface area contributed by atoms with Gasteiger partial charge in [0, 0.05) is 18.2 Å². The standard InChI is InChI=1S/C12H13F2NO2/c13-11(14)8-3-1-7(2-4-8)10-5-9(6-15-10)12(16)17/h1-4,9-11,15H,5-6H2,(H,16,17). The van der Waals surface area contributed by atoms with Crippen LogP contribution >= 0.6 is 0 Å². The maximum absolute atomic E-state index is 12.4. The molecule has 2 N–H and O–H groups in total. The summed E-state index contributed by atoms with van der Waals surface area (Å²) in [7, 11) is 0. The van der Waals surface area contributed by atoms with E-state index in [1.165, 1.54) is 12.1 Å². The van der Waals surface area contributed by atoms with E-state index in [0.717, 1.165) is 5.56 Å². The Bertz CT molecular complexity index is 405. The maximum Gasteiger partial charge on any atom is 0.307 e. The molecule has 0 radical (unpaired) electrons. The van der Waals surface area contributed by atoms with Crippen LogP contribution in [0.25, 0.3) is 0 Å². The summed E-state index contributed by atoms with van der Waals surface area (Å²) in [5, 5.41) is 11.9. The van der Waals surface area contributed by atoms with Gasteiger partial charge in [0.1, 0.15) is 0 Å². The van der Waals surface area contributed by atoms with Crippen molar-refractivity contribution in [2.24, 2.45) is 5.92 Å². The van der Waals surface area contributed by atoms with Gasteiger partial charge < -0.3 is 10.4 Å². The molecule has 0 amide bonds. The number of alkyl halides is 2. The first-order valence-electron chi connectivity index (χ1n) is 5.42. The molecule has 2 atom stereocenters. The van der Waals surface area contributed by atoms with Crippen molar-refractivity contribution in [2.45, 2.75) is 18.9 Å². The predicted molar refractivity (Wildman–Crippen MR) is 57.9 cm³/mol. The SMILES string of the molecule is O=C(O)C1CNC(c2ccc(C(F)F)cc2)C1. The van der Waals surface area contributed by atoms with Crippen molar-refractivity contribution in [3.63, 3.8) is 0 Å². The molecule has 17 heavy (non-hydrogen) atoms. The van der Waals surface area contributed by atoms with Gasteiger partial charge >= 0.3 is 5.97 Å². The zero-order valence-electron chi connectivity index (χ0n) is 9.07. The van der Waals surface area contributed by atoms with Gasteiger partial charge in [0.05, 0.1) is 5.92 Å². The second-order valence-corrected chi connectivity index (χ2v) is 4.20. The molecule has 0 bridgehead atoms. The van der Waals surface area contributed by atoms with Gasteiger partial charge in [-0.1, -0.05) is 24.3 Å². The lowest BCUT2D eigenvalue weighted by atomic mass is 9.99. The molecule has 1 heterocycles. The monoisotopic (exact) mass is 241 g/mol. The Morgan fingerprint density at radius 2 is 2.00 bits per heavy atom. The van der Waals surface area contributed by atoms with Crippen molar-refractivity contribution in [2.75, 3.05) is 6.54 Å². The highest BCUT2D eigenvalue weighted by molar-refractivity contribution is 5.70. The molecule has 2 unspecified atom stereocenters. The lowest BCUT2D eigenvalue weighted by molar-refractivity contribution is -0.141. The topological polar surface area (TPSA) is 49.3 Å². The van der Waals surface area contributed by atoms with E-state index in [4.69, 9.17) is 5.11 Å². The second kappa shape index (κ2) is 4.79. The molecule has 0 aliphatic carbocycles. The smallest absolute Gasteiger partial charge is 0.307 e. The van der Waals surface area contributed by atoms with Crippen LogP contribution in [0.1, 0.15) is 30.0 Å². The Hall–Kier alpha value is -1.49. The lowest BCUT2D eigenvalue weighted by Crippen LogP contribution is -2.17. The van der Waals surface area contributed by atoms with Crippen LogP contribution in [0.4, 0.5) is 8.78 Å². The van der Waals surface area contributed by atoms with Gasteiger partial charge in [0.2, 0.25) is 0 Å². The number of benzene rings is 1. The number of aliphatic carboxylic acids is 1. The normalized spacial score (nSPS) is 24.2. The molecule has 2 rings (SSSR count). The Morgan fingerprint density at radius 3 is 2.47 bits per heavy atom. The summed E-state index contributed by atoms with van der Waals surface area (Å²) in [6.07, 6.45) is -1.96. The molecule has 1 aliphatic heterocycles. The van der Waals surface area contributed by atoms with Crippen molar-refractivity contribution < 1.29 is 18.7 Å². The van der Waals surface area contributed by atoms with Crippen LogP contribution in [0.5, 0.6) is 0 Å². The van der Waals surface area contributed by atoms with E-state index < -0.39 is 18.3 Å². The highest BCUT2D eigenvalue weighted by Crippen LogP contribution is 2.28. The summed E-state index contributed by atoms with van der Waals surface area (Å²) in [4.78, 5) is 10.8. The fourth-order valence-corrected chi connectivity index (χ4v) is 2.05. The highest BCUT2D eigenvalue weighted by Gasteiger charge is 2.29. The summed E-state index contributed by atoms with van der Waals surface area (Å²) in [5.74, 6) is -1.21. The Labute approximate surface area is 97.5 Å². The molecule has 5 heteroatoms. The molecule has 1 saturated heterocycles. The predicted octanol–water partition coefficient (Wildman–Crippen LogP) is 2.36. The molecule has 1 fully saturated rings. The van der Waals surface area contributed by atoms with Crippen LogP contribution in [0.3, 0.4) is 0 Å². The van der Waals surface area contributed by atoms with E-state index in [0.29, 0.717) is 13.0 Å². The fraction of sp³-hybridized carbons (Fsp3) is 0.417. The van der Waals surface area contributed by atoms with Crippen molar-refractivity contribution in [1.29, 1.82) is 0 Å². The van der Waals surface area contributed by atoms with E-state index in [9.17, 15) is 13.6 Å². The molecule has 0 spiro atoms. The van der Waals surface area contributed by atoms with E-state index in [1.807, 2.05) is 0 Å². The number of carboxylic acid groups (broad SMARTS) is 1. The first-order valence-corrected chi connectivity index (χ1v) is 5.42. The van der Waals surface area contributed by atoms with Crippen molar-refractivity contribution in [3.05, 3.63) is 35.4 Å². The van der Waals surface area contributed by atoms with Gasteiger partial charge in [0.15, 0.2) is 0 Å². The largest absolute Gasteiger partial charge is 0.481 e. The van der Waals surface area contributed by atoms with E-state index >= 15 is 0 Å². The molecule has 1 aromatic rings. The lowest BCUT2D eigenvalue weighted by Gasteiger charge is -2.11. The summed E-state index contributed by atoms with van der Waals surface area (Å²) in [6.45, 7) is 0.427. The van der Waals surface area contributed by atoms with Crippen LogP contribution in [0.15, 0.2) is 24.3 Å². The zero-order chi connectivity index (χ0) is 12.4. The Balaban J connectivity index is 2.06. The molecule has 0 aromatic heterocycles. The number of rotatable bonds is 3. The quantitative estimate of drug-likeness (QED) is 0.854. The summed E-state index contributed by atoms with van der Waals surface area (Å²) in [6, 6.07) is 5.97. The van der Waals surface area contributed by atoms with Gasteiger partial charge in [-0.15, -0.1) is 0 Å². The van der Waals surface area contributed by atoms with Crippen molar-refractivity contribution in [1.82, 2.24) is 5.32 Å². The minimum absolute atomic E-state index is 0.0125. The molecule has 0 saturated carbocycles. The van der Waals surface area contributed by atoms with Gasteiger partial charge in [-0.05, 0) is 12.0 Å². The Kier molecular flexibility index (Phi) is 3.38. The van der Waals surface area contributed by atoms with Gasteiger partial charge in [-0.2, -0.15) is 0 Å². The zero-order valence-corrected chi connectivity index (χ0v) is 9.07. The first-order chi connectivity index (χ1) is 8.08. The third-order valence-corrected chi connectivity index (χ3v) is 3.07. The molecular weight excluding hydrogens is 228 g/mol. The average molecular weight is 241 g/mol. The molecule has 92 valence electrons. The summed E-state index contributed by atoms with van der Waals surface area (Å²) < 4.78 is 24.7. The van der Waals surface area contributed by atoms with Gasteiger partial charge in [-0.25, -0.2) is 8.78 Å². The molecular formula is C12H13F2NO2. The fourth-order valence-electron chi connectivity index (χ4n) is 2.05. The number of hydrogen-bond acceptors (Lipinski definition) is 2. The molecule has 1 aliphatic rings. The average Bonchev–Trinajstić information content (AvgIpc) is 2.78. The van der Waals surface area contributed by atoms with E-state index in [1.54, 1.807) is 12.1 Å². The molecule has 1 aromatic carbocycles. The number of carboxylic acids is 1. The second-order valence-electron chi connectivity index (χ2n) is 4.20. The van der Waals surface area contributed by atoms with E-state index in [2.05, 4.69) is 5.32 Å². The van der Waals surface area contributed by atoms with Crippen LogP contribution in [0.2, 0.25) is 0 Å². The van der Waals surface area contributed by atoms with Crippen LogP contribution in [0, 0.1) is 5.92 Å². The van der Waals surface area contributed by atoms with Gasteiger partial charge in [-0.3, -0.25) is 4.79 Å². The summed E-state index contributed by atoms with van der Waals surface area (Å²) in [5.41, 5.74) is 0.847. The highest BCUT2D eigenvalue weighted by atomic mass is 19.3. The number of halogens is 2. The van der Waals surface area contributed by atoms with Crippen molar-refractivity contribution >= 4 is 5.97 Å². The van der Waals surface area contributed by atoms with Crippen LogP contribution in [-0.4, -0.2) is 17.6 Å². The number of hydrogen-bond donors (Lipinski definition) is 2. The van der Waals surface area contributed by atoms with E-state index in [-0.39, 0.29) is 11.6 Å². The first kappa shape index (κ1) is 12.0. The minimum Gasteiger partial charge on any atom is -0.481 e. The number of carbonyl (C=O) groups is 1. The third-order valence-electron chi connectivity index (χ3n) is 3.07. The maximum atomic E-state index is 12.4. The summed E-state index contributed by atoms with van der Waals surface area (Å²) >= 11 is 0. The number of nitrogens with one attached hydrogen (secondary N) is 1. The Morgan fingerprint density at radius 1 is 1.35 bits per heavy atom. The van der Waals surface area contributed by atoms with Crippen LogP contribution in [-0.2, 0) is 4.79 Å². The van der Waals surface area contributed by atoms with Crippen molar-refractivity contribution in [3.8, 4) is 0 Å². The van der Waals surface area contributed by atoms with Gasteiger partial charge in [0.25, 0.3) is 6.43 Å². The molecule has 3 nitrogen and oxygen atoms in total. The van der Waals surface area contributed by atoms with Crippen LogP contribution < -0.4 is 5.32 Å².